The highest BCUT2D eigenvalue weighted by Gasteiger charge is 2.46. The molecule has 3 N–H and O–H groups in total. The molecular formula is C10H20N2O2. The van der Waals surface area contributed by atoms with Crippen LogP contribution in [0, 0.1) is 5.92 Å². The molecule has 1 rings (SSSR count). The van der Waals surface area contributed by atoms with E-state index in [1.807, 2.05) is 20.8 Å². The molecule has 0 aromatic heterocycles. The maximum atomic E-state index is 11.6. The van der Waals surface area contributed by atoms with E-state index in [1.165, 1.54) is 0 Å². The topological polar surface area (TPSA) is 66.6 Å². The number of nitrogens with zero attached hydrogens (tertiary/aromatic N) is 1. The lowest BCUT2D eigenvalue weighted by molar-refractivity contribution is -0.165. The van der Waals surface area contributed by atoms with Gasteiger partial charge in [0.15, 0.2) is 0 Å². The van der Waals surface area contributed by atoms with Gasteiger partial charge in [-0.3, -0.25) is 4.79 Å². The fourth-order valence-electron chi connectivity index (χ4n) is 1.54. The zero-order valence-electron chi connectivity index (χ0n) is 9.16. The van der Waals surface area contributed by atoms with Gasteiger partial charge in [0, 0.05) is 0 Å². The van der Waals surface area contributed by atoms with Gasteiger partial charge in [-0.2, -0.15) is 0 Å². The molecule has 4 heteroatoms. The van der Waals surface area contributed by atoms with Crippen molar-refractivity contribution < 1.29 is 9.90 Å². The predicted octanol–water partition coefficient (Wildman–Crippen LogP) is -0.0470. The Kier molecular flexibility index (Phi) is 3.17. The summed E-state index contributed by atoms with van der Waals surface area (Å²) in [6.07, 6.45) is 0.648. The Bertz CT molecular complexity index is 222. The maximum absolute atomic E-state index is 11.6. The van der Waals surface area contributed by atoms with Crippen LogP contribution in [0.1, 0.15) is 27.2 Å². The van der Waals surface area contributed by atoms with Gasteiger partial charge in [0.25, 0.3) is 0 Å². The van der Waals surface area contributed by atoms with Crippen LogP contribution in [0.5, 0.6) is 0 Å². The van der Waals surface area contributed by atoms with E-state index in [4.69, 9.17) is 5.73 Å². The van der Waals surface area contributed by atoms with E-state index in [0.29, 0.717) is 19.5 Å². The molecule has 0 aromatic rings. The predicted molar refractivity (Wildman–Crippen MR) is 54.6 cm³/mol. The van der Waals surface area contributed by atoms with Crippen LogP contribution in [0.3, 0.4) is 0 Å². The molecule has 0 aliphatic carbocycles. The molecule has 1 fully saturated rings. The van der Waals surface area contributed by atoms with Crippen LogP contribution in [-0.2, 0) is 4.79 Å². The average Bonchev–Trinajstić information content (AvgIpc) is 2.10. The van der Waals surface area contributed by atoms with Gasteiger partial charge in [0.2, 0.25) is 5.91 Å². The second kappa shape index (κ2) is 3.87. The van der Waals surface area contributed by atoms with Crippen molar-refractivity contribution in [1.29, 1.82) is 0 Å². The van der Waals surface area contributed by atoms with Gasteiger partial charge in [0.05, 0.1) is 19.1 Å². The van der Waals surface area contributed by atoms with E-state index in [2.05, 4.69) is 0 Å². The second-order valence-electron chi connectivity index (χ2n) is 4.47. The molecule has 4 nitrogen and oxygen atoms in total. The third-order valence-corrected chi connectivity index (χ3v) is 3.07. The summed E-state index contributed by atoms with van der Waals surface area (Å²) < 4.78 is 0. The van der Waals surface area contributed by atoms with Crippen molar-refractivity contribution in [3.8, 4) is 0 Å². The first-order chi connectivity index (χ1) is 6.40. The van der Waals surface area contributed by atoms with E-state index in [0.717, 1.165) is 0 Å². The highest BCUT2D eigenvalue weighted by Crippen LogP contribution is 2.28. The summed E-state index contributed by atoms with van der Waals surface area (Å²) in [6.45, 7) is 6.66. The molecule has 14 heavy (non-hydrogen) atoms. The number of β-amino-alcohol motifs (C(OH)–C–C–N with tert-alkyl or cyclic N) is 1. The van der Waals surface area contributed by atoms with Crippen LogP contribution in [0.25, 0.3) is 0 Å². The van der Waals surface area contributed by atoms with E-state index in [1.54, 1.807) is 4.90 Å². The summed E-state index contributed by atoms with van der Waals surface area (Å²) in [5.74, 6) is 0.141. The Balaban J connectivity index is 2.45. The van der Waals surface area contributed by atoms with Crippen molar-refractivity contribution in [2.75, 3.05) is 13.1 Å². The Hall–Kier alpha value is -0.610. The molecule has 0 aromatic carbocycles. The molecule has 0 radical (unpaired) electrons. The molecule has 1 amide bonds. The second-order valence-corrected chi connectivity index (χ2v) is 4.47. The Morgan fingerprint density at radius 1 is 1.57 bits per heavy atom. The SMILES string of the molecule is CC[C@@H](N)C(=O)N1CC(O)(C(C)C)C1. The molecule has 0 bridgehead atoms. The number of carbonyl (C=O) groups is 1. The monoisotopic (exact) mass is 200 g/mol. The van der Waals surface area contributed by atoms with Gasteiger partial charge < -0.3 is 15.7 Å². The summed E-state index contributed by atoms with van der Waals surface area (Å²) in [5.41, 5.74) is 4.93. The smallest absolute Gasteiger partial charge is 0.239 e. The summed E-state index contributed by atoms with van der Waals surface area (Å²) in [5, 5.41) is 9.93. The minimum atomic E-state index is -0.691. The van der Waals surface area contributed by atoms with E-state index >= 15 is 0 Å². The molecule has 0 unspecified atom stereocenters. The van der Waals surface area contributed by atoms with Crippen molar-refractivity contribution in [1.82, 2.24) is 4.90 Å². The number of hydrogen-bond donors (Lipinski definition) is 2. The minimum Gasteiger partial charge on any atom is -0.386 e. The Morgan fingerprint density at radius 2 is 2.07 bits per heavy atom. The lowest BCUT2D eigenvalue weighted by Crippen LogP contribution is -2.67. The van der Waals surface area contributed by atoms with Crippen molar-refractivity contribution in [2.24, 2.45) is 11.7 Å². The van der Waals surface area contributed by atoms with Crippen LogP contribution < -0.4 is 5.73 Å². The number of hydrogen-bond acceptors (Lipinski definition) is 3. The standard InChI is InChI=1S/C10H20N2O2/c1-4-8(11)9(13)12-5-10(14,6-12)7(2)3/h7-8,14H,4-6,11H2,1-3H3/t8-/m1/s1. The molecule has 1 aliphatic heterocycles. The largest absolute Gasteiger partial charge is 0.386 e. The van der Waals surface area contributed by atoms with Crippen molar-refractivity contribution in [2.45, 2.75) is 38.8 Å². The average molecular weight is 200 g/mol. The number of likely N-dealkylation sites (tertiary alicyclic amines) is 1. The van der Waals surface area contributed by atoms with Crippen molar-refractivity contribution in [3.05, 3.63) is 0 Å². The van der Waals surface area contributed by atoms with E-state index < -0.39 is 11.6 Å². The number of nitrogens with two attached hydrogens (primary N) is 1. The number of aliphatic hydroxyl groups is 1. The third kappa shape index (κ3) is 1.91. The van der Waals surface area contributed by atoms with Gasteiger partial charge in [0.1, 0.15) is 5.60 Å². The Labute approximate surface area is 85.1 Å². The van der Waals surface area contributed by atoms with Gasteiger partial charge in [-0.25, -0.2) is 0 Å². The highest BCUT2D eigenvalue weighted by molar-refractivity contribution is 5.82. The summed E-state index contributed by atoms with van der Waals surface area (Å²) in [6, 6.07) is -0.410. The lowest BCUT2D eigenvalue weighted by Gasteiger charge is -2.49. The lowest BCUT2D eigenvalue weighted by atomic mass is 9.82. The molecule has 0 spiro atoms. The highest BCUT2D eigenvalue weighted by atomic mass is 16.3. The van der Waals surface area contributed by atoms with Gasteiger partial charge >= 0.3 is 0 Å². The van der Waals surface area contributed by atoms with Crippen LogP contribution in [0.15, 0.2) is 0 Å². The quantitative estimate of drug-likeness (QED) is 0.671. The van der Waals surface area contributed by atoms with Crippen molar-refractivity contribution in [3.63, 3.8) is 0 Å². The maximum Gasteiger partial charge on any atom is 0.239 e. The number of rotatable bonds is 3. The fourth-order valence-corrected chi connectivity index (χ4v) is 1.54. The Morgan fingerprint density at radius 3 is 2.43 bits per heavy atom. The molecular weight excluding hydrogens is 180 g/mol. The van der Waals surface area contributed by atoms with Crippen LogP contribution in [0.2, 0.25) is 0 Å². The van der Waals surface area contributed by atoms with Crippen LogP contribution >= 0.6 is 0 Å². The van der Waals surface area contributed by atoms with Gasteiger partial charge in [-0.05, 0) is 12.3 Å². The number of amides is 1. The summed E-state index contributed by atoms with van der Waals surface area (Å²) in [7, 11) is 0. The zero-order chi connectivity index (χ0) is 10.9. The van der Waals surface area contributed by atoms with Gasteiger partial charge in [-0.15, -0.1) is 0 Å². The van der Waals surface area contributed by atoms with E-state index in [9.17, 15) is 9.90 Å². The zero-order valence-corrected chi connectivity index (χ0v) is 9.16. The van der Waals surface area contributed by atoms with Crippen LogP contribution in [-0.4, -0.2) is 40.6 Å². The molecule has 82 valence electrons. The molecule has 0 saturated carbocycles. The van der Waals surface area contributed by atoms with Gasteiger partial charge in [-0.1, -0.05) is 20.8 Å². The summed E-state index contributed by atoms with van der Waals surface area (Å²) >= 11 is 0. The fraction of sp³-hybridized carbons (Fsp3) is 0.900. The molecule has 1 heterocycles. The van der Waals surface area contributed by atoms with Crippen LogP contribution in [0.4, 0.5) is 0 Å². The molecule has 1 atom stereocenters. The van der Waals surface area contributed by atoms with E-state index in [-0.39, 0.29) is 11.8 Å². The summed E-state index contributed by atoms with van der Waals surface area (Å²) in [4.78, 5) is 13.2. The third-order valence-electron chi connectivity index (χ3n) is 3.07. The number of carbonyl (C=O) groups excluding carboxylic acids is 1. The molecule has 1 saturated heterocycles. The normalized spacial score (nSPS) is 22.0. The molecule has 1 aliphatic rings. The first kappa shape index (κ1) is 11.5. The van der Waals surface area contributed by atoms with Crippen molar-refractivity contribution >= 4 is 5.91 Å². The minimum absolute atomic E-state index is 0.0437. The first-order valence-electron chi connectivity index (χ1n) is 5.17. The first-order valence-corrected chi connectivity index (χ1v) is 5.17.